The molecule has 0 spiro atoms. The van der Waals surface area contributed by atoms with Crippen LogP contribution in [-0.2, 0) is 23.5 Å². The zero-order valence-corrected chi connectivity index (χ0v) is 33.2. The number of carbonyl (C=O) groups excluding carboxylic acids is 1. The quantitative estimate of drug-likeness (QED) is 0.140. The Balaban J connectivity index is 2.09. The molecule has 0 saturated carbocycles. The molecule has 2 heterocycles. The van der Waals surface area contributed by atoms with E-state index in [1.165, 1.54) is 0 Å². The summed E-state index contributed by atoms with van der Waals surface area (Å²) in [5.41, 5.74) is -0.119. The Morgan fingerprint density at radius 3 is 2.26 bits per heavy atom. The van der Waals surface area contributed by atoms with E-state index in [9.17, 15) is 24.9 Å². The molecule has 1 aromatic rings. The summed E-state index contributed by atoms with van der Waals surface area (Å²) in [7, 11) is -2.38. The van der Waals surface area contributed by atoms with Crippen molar-refractivity contribution in [2.75, 3.05) is 0 Å². The number of rotatable bonds is 17. The number of aromatic nitrogens is 1. The minimum atomic E-state index is -2.38. The van der Waals surface area contributed by atoms with Crippen LogP contribution in [0.1, 0.15) is 119 Å². The summed E-state index contributed by atoms with van der Waals surface area (Å²) >= 11 is 1.57. The van der Waals surface area contributed by atoms with Crippen LogP contribution < -0.4 is 0 Å². The number of aliphatic hydroxyl groups excluding tert-OH is 2. The number of Topliss-reactive ketones (excluding diaryl/α,β-unsaturated/α-hetero) is 1. The van der Waals surface area contributed by atoms with Gasteiger partial charge in [0.05, 0.1) is 47.1 Å². The average Bonchev–Trinajstić information content (AvgIpc) is 3.43. The Bertz CT molecular complexity index is 1250. The molecule has 1 saturated heterocycles. The third kappa shape index (κ3) is 11.0. The fraction of sp³-hybridized carbons (Fsp3) is 0.806. The van der Waals surface area contributed by atoms with E-state index >= 15 is 0 Å². The van der Waals surface area contributed by atoms with Gasteiger partial charge >= 0.3 is 5.97 Å². The van der Waals surface area contributed by atoms with Crippen molar-refractivity contribution in [2.24, 2.45) is 17.3 Å². The number of hydrogen-bond acceptors (Lipinski definition) is 9. The zero-order chi connectivity index (χ0) is 36.3. The first-order valence-corrected chi connectivity index (χ1v) is 20.8. The van der Waals surface area contributed by atoms with E-state index in [1.807, 2.05) is 53.0 Å². The smallest absolute Gasteiger partial charge is 0.305 e. The van der Waals surface area contributed by atoms with Crippen molar-refractivity contribution < 1.29 is 38.8 Å². The van der Waals surface area contributed by atoms with Crippen molar-refractivity contribution in [3.8, 4) is 0 Å². The lowest BCUT2D eigenvalue weighted by Crippen LogP contribution is -2.52. The molecule has 0 unspecified atom stereocenters. The molecule has 1 aromatic heterocycles. The third-order valence-corrected chi connectivity index (χ3v) is 15.7. The SMILES string of the molecule is C/C(=C\c1csc(C)n1)[C@@H](O)C[C@H]1OC(C)(C)O[C@]1(C)CCC[C@H](C)[C@H](O)[C@@H](C)C(=O)C(C)(C)[C@H](CC(=O)O)O[Si](C)(C)C(C)(C)C. The van der Waals surface area contributed by atoms with E-state index in [1.54, 1.807) is 32.1 Å². The van der Waals surface area contributed by atoms with Gasteiger partial charge in [0, 0.05) is 23.1 Å². The number of carboxylic acid groups (broad SMARTS) is 1. The van der Waals surface area contributed by atoms with Crippen molar-refractivity contribution in [1.29, 1.82) is 0 Å². The van der Waals surface area contributed by atoms with Gasteiger partial charge in [-0.1, -0.05) is 54.9 Å². The highest BCUT2D eigenvalue weighted by atomic mass is 32.1. The Kier molecular flexibility index (Phi) is 13.8. The molecule has 0 bridgehead atoms. The number of ketones is 1. The minimum absolute atomic E-state index is 0.157. The number of aryl methyl sites for hydroxylation is 1. The topological polar surface area (TPSA) is 135 Å². The van der Waals surface area contributed by atoms with E-state index in [2.05, 4.69) is 38.8 Å². The molecule has 0 amide bonds. The number of carbonyl (C=O) groups is 2. The van der Waals surface area contributed by atoms with E-state index in [-0.39, 0.29) is 29.3 Å². The van der Waals surface area contributed by atoms with E-state index < -0.39 is 55.3 Å². The first kappa shape index (κ1) is 41.7. The van der Waals surface area contributed by atoms with Gasteiger partial charge in [-0.15, -0.1) is 11.3 Å². The molecule has 1 fully saturated rings. The largest absolute Gasteiger partial charge is 0.481 e. The number of hydrogen-bond donors (Lipinski definition) is 3. The summed E-state index contributed by atoms with van der Waals surface area (Å²) in [6, 6.07) is 0. The number of thiazole rings is 1. The van der Waals surface area contributed by atoms with Crippen molar-refractivity contribution in [1.82, 2.24) is 4.98 Å². The summed E-state index contributed by atoms with van der Waals surface area (Å²) in [6.45, 7) is 27.1. The van der Waals surface area contributed by atoms with Gasteiger partial charge in [-0.25, -0.2) is 4.98 Å². The van der Waals surface area contributed by atoms with Crippen molar-refractivity contribution in [3.63, 3.8) is 0 Å². The Morgan fingerprint density at radius 2 is 1.74 bits per heavy atom. The molecule has 1 aliphatic rings. The maximum atomic E-state index is 13.9. The molecule has 47 heavy (non-hydrogen) atoms. The van der Waals surface area contributed by atoms with Crippen molar-refractivity contribution in [2.45, 2.75) is 169 Å². The second-order valence-corrected chi connectivity index (χ2v) is 22.4. The van der Waals surface area contributed by atoms with Gasteiger partial charge in [0.25, 0.3) is 0 Å². The number of aliphatic carboxylic acids is 1. The van der Waals surface area contributed by atoms with Crippen LogP contribution in [0.4, 0.5) is 0 Å². The van der Waals surface area contributed by atoms with E-state index in [0.717, 1.165) is 16.3 Å². The minimum Gasteiger partial charge on any atom is -0.481 e. The lowest BCUT2D eigenvalue weighted by molar-refractivity contribution is -0.162. The Morgan fingerprint density at radius 1 is 1.15 bits per heavy atom. The first-order valence-electron chi connectivity index (χ1n) is 17.0. The monoisotopic (exact) mass is 697 g/mol. The number of nitrogens with zero attached hydrogens (tertiary/aromatic N) is 1. The first-order chi connectivity index (χ1) is 21.2. The van der Waals surface area contributed by atoms with E-state index in [0.29, 0.717) is 25.7 Å². The summed E-state index contributed by atoms with van der Waals surface area (Å²) in [5, 5.41) is 34.9. The molecule has 7 atom stereocenters. The number of carboxylic acids is 1. The predicted octanol–water partition coefficient (Wildman–Crippen LogP) is 7.78. The van der Waals surface area contributed by atoms with Crippen molar-refractivity contribution >= 4 is 37.5 Å². The highest BCUT2D eigenvalue weighted by Crippen LogP contribution is 2.44. The van der Waals surface area contributed by atoms with Gasteiger partial charge in [-0.2, -0.15) is 0 Å². The second-order valence-electron chi connectivity index (χ2n) is 16.6. The Hall–Kier alpha value is -1.47. The molecular formula is C36H63NO8SSi. The van der Waals surface area contributed by atoms with Crippen LogP contribution in [0, 0.1) is 24.2 Å². The lowest BCUT2D eigenvalue weighted by atomic mass is 9.73. The van der Waals surface area contributed by atoms with Crippen LogP contribution in [0.25, 0.3) is 6.08 Å². The van der Waals surface area contributed by atoms with Crippen LogP contribution in [0.15, 0.2) is 11.0 Å². The molecule has 270 valence electrons. The molecule has 0 aliphatic carbocycles. The molecule has 9 nitrogen and oxygen atoms in total. The number of ether oxygens (including phenoxy) is 2. The van der Waals surface area contributed by atoms with Crippen LogP contribution in [0.2, 0.25) is 18.1 Å². The standard InChI is InChI=1S/C36H63NO8SSi/c1-22(31(41)24(3)32(42)34(8,9)28(20-30(39)40)44-47(13,14)33(5,6)7)16-15-17-36(12)29(43-35(10,11)45-36)19-27(38)23(2)18-26-21-46-25(4)37-26/h18,21-22,24,27-29,31,38,41H,15-17,19-20H2,1-14H3,(H,39,40)/b23-18+/t22-,24+,27-,28-,29+,31-,36+/m0/s1. The summed E-state index contributed by atoms with van der Waals surface area (Å²) in [6.07, 6.45) is 1.22. The van der Waals surface area contributed by atoms with Crippen LogP contribution >= 0.6 is 11.3 Å². The molecule has 2 rings (SSSR count). The molecule has 3 N–H and O–H groups in total. The van der Waals surface area contributed by atoms with Gasteiger partial charge in [0.2, 0.25) is 0 Å². The fourth-order valence-electron chi connectivity index (χ4n) is 6.27. The third-order valence-electron chi connectivity index (χ3n) is 10.4. The molecular weight excluding hydrogens is 635 g/mol. The predicted molar refractivity (Wildman–Crippen MR) is 191 cm³/mol. The highest BCUT2D eigenvalue weighted by Gasteiger charge is 2.51. The fourth-order valence-corrected chi connectivity index (χ4v) is 8.28. The zero-order valence-electron chi connectivity index (χ0n) is 31.4. The lowest BCUT2D eigenvalue weighted by Gasteiger charge is -2.44. The van der Waals surface area contributed by atoms with Gasteiger partial charge in [0.15, 0.2) is 14.1 Å². The van der Waals surface area contributed by atoms with Gasteiger partial charge in [0.1, 0.15) is 5.78 Å². The average molecular weight is 698 g/mol. The number of aliphatic hydroxyl groups is 2. The van der Waals surface area contributed by atoms with Gasteiger partial charge < -0.3 is 29.2 Å². The molecule has 0 radical (unpaired) electrons. The van der Waals surface area contributed by atoms with Gasteiger partial charge in [-0.3, -0.25) is 9.59 Å². The van der Waals surface area contributed by atoms with Crippen molar-refractivity contribution in [3.05, 3.63) is 21.7 Å². The van der Waals surface area contributed by atoms with Crippen LogP contribution in [0.3, 0.4) is 0 Å². The van der Waals surface area contributed by atoms with Crippen LogP contribution in [0.5, 0.6) is 0 Å². The normalized spacial score (nSPS) is 24.1. The summed E-state index contributed by atoms with van der Waals surface area (Å²) in [5.74, 6) is -2.93. The maximum Gasteiger partial charge on any atom is 0.305 e. The Labute approximate surface area is 288 Å². The molecule has 1 aliphatic heterocycles. The molecule has 0 aromatic carbocycles. The highest BCUT2D eigenvalue weighted by molar-refractivity contribution is 7.09. The summed E-state index contributed by atoms with van der Waals surface area (Å²) in [4.78, 5) is 30.2. The summed E-state index contributed by atoms with van der Waals surface area (Å²) < 4.78 is 19.2. The second kappa shape index (κ2) is 15.6. The van der Waals surface area contributed by atoms with E-state index in [4.69, 9.17) is 13.9 Å². The van der Waals surface area contributed by atoms with Gasteiger partial charge in [-0.05, 0) is 83.2 Å². The molecule has 11 heteroatoms. The van der Waals surface area contributed by atoms with Crippen LogP contribution in [-0.4, -0.2) is 76.2 Å². The maximum absolute atomic E-state index is 13.9.